The summed E-state index contributed by atoms with van der Waals surface area (Å²) >= 11 is 0. The van der Waals surface area contributed by atoms with E-state index in [-0.39, 0.29) is 24.5 Å². The second-order valence-corrected chi connectivity index (χ2v) is 6.95. The number of hydrogen-bond acceptors (Lipinski definition) is 5. The molecule has 6 heteroatoms. The number of hydrogen-bond donors (Lipinski definition) is 0. The summed E-state index contributed by atoms with van der Waals surface area (Å²) in [5.41, 5.74) is 0.246. The van der Waals surface area contributed by atoms with Gasteiger partial charge in [0.2, 0.25) is 5.91 Å². The van der Waals surface area contributed by atoms with Crippen LogP contribution in [0.4, 0.5) is 0 Å². The highest BCUT2D eigenvalue weighted by Crippen LogP contribution is 2.51. The zero-order valence-electron chi connectivity index (χ0n) is 15.9. The average Bonchev–Trinajstić information content (AvgIpc) is 2.96. The van der Waals surface area contributed by atoms with Crippen molar-refractivity contribution in [3.05, 3.63) is 35.9 Å². The molecule has 1 fully saturated rings. The number of carbonyl (C=O) groups is 3. The van der Waals surface area contributed by atoms with E-state index >= 15 is 0 Å². The van der Waals surface area contributed by atoms with Gasteiger partial charge in [0.1, 0.15) is 12.7 Å². The molecule has 0 N–H and O–H groups in total. The third-order valence-electron chi connectivity index (χ3n) is 5.15. The summed E-state index contributed by atoms with van der Waals surface area (Å²) in [7, 11) is 1.73. The Labute approximate surface area is 154 Å². The summed E-state index contributed by atoms with van der Waals surface area (Å²) in [6.45, 7) is 4.33. The molecule has 0 aromatic heterocycles. The molecule has 0 spiro atoms. The van der Waals surface area contributed by atoms with Gasteiger partial charge in [0.15, 0.2) is 0 Å². The van der Waals surface area contributed by atoms with Crippen molar-refractivity contribution < 1.29 is 23.9 Å². The van der Waals surface area contributed by atoms with Crippen molar-refractivity contribution in [2.45, 2.75) is 52.2 Å². The SMILES string of the molecule is CC(=O)OC[C@@]1([C@H](c2ccccc2)N(C)C(C)=O)CCC[C@@H]1OC(C)=O. The Bertz CT molecular complexity index is 659. The quantitative estimate of drug-likeness (QED) is 0.729. The van der Waals surface area contributed by atoms with E-state index in [1.54, 1.807) is 11.9 Å². The van der Waals surface area contributed by atoms with Crippen molar-refractivity contribution in [3.63, 3.8) is 0 Å². The molecule has 1 aromatic rings. The largest absolute Gasteiger partial charge is 0.465 e. The number of esters is 2. The lowest BCUT2D eigenvalue weighted by Gasteiger charge is -2.45. The lowest BCUT2D eigenvalue weighted by molar-refractivity contribution is -0.165. The zero-order chi connectivity index (χ0) is 19.3. The Kier molecular flexibility index (Phi) is 6.40. The molecule has 0 bridgehead atoms. The van der Waals surface area contributed by atoms with Gasteiger partial charge in [-0.15, -0.1) is 0 Å². The van der Waals surface area contributed by atoms with E-state index in [4.69, 9.17) is 9.47 Å². The fourth-order valence-electron chi connectivity index (χ4n) is 3.99. The molecule has 0 heterocycles. The van der Waals surface area contributed by atoms with E-state index in [1.807, 2.05) is 30.3 Å². The molecule has 1 aliphatic rings. The second kappa shape index (κ2) is 8.34. The maximum absolute atomic E-state index is 12.2. The van der Waals surface area contributed by atoms with Crippen LogP contribution in [0.3, 0.4) is 0 Å². The molecule has 1 saturated carbocycles. The molecule has 142 valence electrons. The molecule has 3 atom stereocenters. The Balaban J connectivity index is 2.55. The Morgan fingerprint density at radius 1 is 1.15 bits per heavy atom. The first-order valence-electron chi connectivity index (χ1n) is 8.87. The van der Waals surface area contributed by atoms with Crippen molar-refractivity contribution in [3.8, 4) is 0 Å². The third-order valence-corrected chi connectivity index (χ3v) is 5.15. The van der Waals surface area contributed by atoms with Crippen LogP contribution in [0.15, 0.2) is 30.3 Å². The first kappa shape index (κ1) is 19.9. The van der Waals surface area contributed by atoms with Crippen LogP contribution >= 0.6 is 0 Å². The number of rotatable bonds is 6. The number of nitrogens with zero attached hydrogens (tertiary/aromatic N) is 1. The van der Waals surface area contributed by atoms with Gasteiger partial charge in [-0.1, -0.05) is 30.3 Å². The highest BCUT2D eigenvalue weighted by molar-refractivity contribution is 5.74. The highest BCUT2D eigenvalue weighted by atomic mass is 16.6. The molecule has 26 heavy (non-hydrogen) atoms. The fourth-order valence-corrected chi connectivity index (χ4v) is 3.99. The second-order valence-electron chi connectivity index (χ2n) is 6.95. The lowest BCUT2D eigenvalue weighted by Crippen LogP contribution is -2.50. The van der Waals surface area contributed by atoms with E-state index < -0.39 is 17.5 Å². The van der Waals surface area contributed by atoms with Gasteiger partial charge in [-0.05, 0) is 24.8 Å². The van der Waals surface area contributed by atoms with Gasteiger partial charge in [0.05, 0.1) is 11.5 Å². The highest BCUT2D eigenvalue weighted by Gasteiger charge is 2.54. The summed E-state index contributed by atoms with van der Waals surface area (Å²) < 4.78 is 11.0. The minimum atomic E-state index is -0.681. The summed E-state index contributed by atoms with van der Waals surface area (Å²) in [5.74, 6) is -0.869. The number of amides is 1. The van der Waals surface area contributed by atoms with Crippen LogP contribution in [-0.2, 0) is 23.9 Å². The monoisotopic (exact) mass is 361 g/mol. The Hall–Kier alpha value is -2.37. The number of benzene rings is 1. The summed E-state index contributed by atoms with van der Waals surface area (Å²) in [4.78, 5) is 37.1. The van der Waals surface area contributed by atoms with Crippen LogP contribution in [0.5, 0.6) is 0 Å². The topological polar surface area (TPSA) is 72.9 Å². The predicted molar refractivity (Wildman–Crippen MR) is 96.1 cm³/mol. The minimum Gasteiger partial charge on any atom is -0.465 e. The molecule has 6 nitrogen and oxygen atoms in total. The van der Waals surface area contributed by atoms with Crippen LogP contribution in [0, 0.1) is 5.41 Å². The van der Waals surface area contributed by atoms with Crippen molar-refractivity contribution in [2.75, 3.05) is 13.7 Å². The molecule has 2 rings (SSSR count). The summed E-state index contributed by atoms with van der Waals surface area (Å²) in [6.07, 6.45) is 1.77. The smallest absolute Gasteiger partial charge is 0.302 e. The van der Waals surface area contributed by atoms with Gasteiger partial charge in [0.25, 0.3) is 0 Å². The normalized spacial score (nSPS) is 23.2. The Morgan fingerprint density at radius 2 is 1.81 bits per heavy atom. The van der Waals surface area contributed by atoms with Crippen molar-refractivity contribution in [2.24, 2.45) is 5.41 Å². The van der Waals surface area contributed by atoms with Gasteiger partial charge in [-0.3, -0.25) is 14.4 Å². The maximum Gasteiger partial charge on any atom is 0.302 e. The molecule has 0 unspecified atom stereocenters. The standard InChI is InChI=1S/C20H27NO5/c1-14(22)21(4)19(17-9-6-5-7-10-17)20(13-25-15(2)23)12-8-11-18(20)26-16(3)24/h5-7,9-10,18-19H,8,11-13H2,1-4H3/t18-,19-,20-/m0/s1. The molecule has 1 amide bonds. The van der Waals surface area contributed by atoms with Gasteiger partial charge in [-0.2, -0.15) is 0 Å². The number of ether oxygens (including phenoxy) is 2. The lowest BCUT2D eigenvalue weighted by atomic mass is 9.73. The van der Waals surface area contributed by atoms with Gasteiger partial charge < -0.3 is 14.4 Å². The first-order chi connectivity index (χ1) is 12.3. The summed E-state index contributed by atoms with van der Waals surface area (Å²) in [5, 5.41) is 0. The van der Waals surface area contributed by atoms with Crippen LogP contribution in [0.2, 0.25) is 0 Å². The van der Waals surface area contributed by atoms with E-state index in [0.29, 0.717) is 12.8 Å². The molecule has 1 aliphatic carbocycles. The van der Waals surface area contributed by atoms with E-state index in [0.717, 1.165) is 12.0 Å². The van der Waals surface area contributed by atoms with Crippen LogP contribution in [-0.4, -0.2) is 42.5 Å². The van der Waals surface area contributed by atoms with E-state index in [2.05, 4.69) is 0 Å². The minimum absolute atomic E-state index is 0.0947. The molecule has 1 aromatic carbocycles. The summed E-state index contributed by atoms with van der Waals surface area (Å²) in [6, 6.07) is 9.25. The van der Waals surface area contributed by atoms with Gasteiger partial charge >= 0.3 is 11.9 Å². The van der Waals surface area contributed by atoms with Crippen molar-refractivity contribution in [1.82, 2.24) is 4.90 Å². The maximum atomic E-state index is 12.2. The van der Waals surface area contributed by atoms with Crippen molar-refractivity contribution in [1.29, 1.82) is 0 Å². The predicted octanol–water partition coefficient (Wildman–Crippen LogP) is 2.87. The molecule has 0 radical (unpaired) electrons. The van der Waals surface area contributed by atoms with Crippen molar-refractivity contribution >= 4 is 17.8 Å². The zero-order valence-corrected chi connectivity index (χ0v) is 15.9. The van der Waals surface area contributed by atoms with E-state index in [9.17, 15) is 14.4 Å². The molecular weight excluding hydrogens is 334 g/mol. The van der Waals surface area contributed by atoms with Gasteiger partial charge in [-0.25, -0.2) is 0 Å². The third kappa shape index (κ3) is 4.23. The first-order valence-corrected chi connectivity index (χ1v) is 8.87. The van der Waals surface area contributed by atoms with Gasteiger partial charge in [0, 0.05) is 27.8 Å². The fraction of sp³-hybridized carbons (Fsp3) is 0.550. The molecular formula is C20H27NO5. The average molecular weight is 361 g/mol. The van der Waals surface area contributed by atoms with Crippen LogP contribution in [0.1, 0.15) is 51.6 Å². The molecule has 0 aliphatic heterocycles. The number of carbonyl (C=O) groups excluding carboxylic acids is 3. The Morgan fingerprint density at radius 3 is 2.35 bits per heavy atom. The van der Waals surface area contributed by atoms with E-state index in [1.165, 1.54) is 20.8 Å². The van der Waals surface area contributed by atoms with Crippen LogP contribution in [0.25, 0.3) is 0 Å². The molecule has 0 saturated heterocycles. The van der Waals surface area contributed by atoms with Crippen LogP contribution < -0.4 is 0 Å².